The van der Waals surface area contributed by atoms with Gasteiger partial charge in [-0.1, -0.05) is 66.5 Å². The van der Waals surface area contributed by atoms with Crippen LogP contribution in [-0.4, -0.2) is 20.8 Å². The number of aromatic nitrogens is 2. The predicted molar refractivity (Wildman–Crippen MR) is 144 cm³/mol. The van der Waals surface area contributed by atoms with Crippen molar-refractivity contribution in [2.24, 2.45) is 5.10 Å². The van der Waals surface area contributed by atoms with Crippen LogP contribution >= 0.6 is 27.5 Å². The lowest BCUT2D eigenvalue weighted by atomic mass is 9.95. The van der Waals surface area contributed by atoms with Gasteiger partial charge in [0.25, 0.3) is 5.56 Å². The largest absolute Gasteiger partial charge is 0.482 e. The van der Waals surface area contributed by atoms with Gasteiger partial charge in [0.05, 0.1) is 22.0 Å². The molecule has 0 aliphatic heterocycles. The van der Waals surface area contributed by atoms with Gasteiger partial charge in [0.2, 0.25) is 0 Å². The van der Waals surface area contributed by atoms with Crippen molar-refractivity contribution < 1.29 is 9.66 Å². The van der Waals surface area contributed by atoms with Crippen molar-refractivity contribution in [1.82, 2.24) is 9.66 Å². The van der Waals surface area contributed by atoms with Gasteiger partial charge < -0.3 is 4.74 Å². The summed E-state index contributed by atoms with van der Waals surface area (Å²) in [7, 11) is 0. The second-order valence-electron chi connectivity index (χ2n) is 9.07. The number of rotatable bonds is 6. The first-order valence-electron chi connectivity index (χ1n) is 11.0. The fourth-order valence-electron chi connectivity index (χ4n) is 3.52. The molecule has 0 aliphatic rings. The molecule has 0 N–H and O–H groups in total. The minimum Gasteiger partial charge on any atom is -0.482 e. The Morgan fingerprint density at radius 1 is 1.17 bits per heavy atom. The number of halogens is 2. The maximum absolute atomic E-state index is 13.3. The number of benzene rings is 3. The van der Waals surface area contributed by atoms with E-state index in [9.17, 15) is 14.9 Å². The first-order valence-corrected chi connectivity index (χ1v) is 12.1. The molecular formula is C26H22BrClN4O4. The molecule has 0 saturated heterocycles. The Balaban J connectivity index is 1.71. The molecule has 0 bridgehead atoms. The predicted octanol–water partition coefficient (Wildman–Crippen LogP) is 6.48. The summed E-state index contributed by atoms with van der Waals surface area (Å²) in [5.41, 5.74) is 0.651. The quantitative estimate of drug-likeness (QED) is 0.150. The number of hydrogen-bond acceptors (Lipinski definition) is 6. The number of ether oxygens (including phenoxy) is 1. The molecule has 4 rings (SSSR count). The van der Waals surface area contributed by atoms with Gasteiger partial charge in [-0.05, 0) is 36.4 Å². The smallest absolute Gasteiger partial charge is 0.311 e. The Morgan fingerprint density at radius 3 is 2.61 bits per heavy atom. The zero-order chi connectivity index (χ0) is 26.0. The first-order chi connectivity index (χ1) is 17.0. The standard InChI is InChI=1S/C26H22BrClN4O4/c1-26(2,3)25-30-21-10-9-18(27)13-19(21)24(33)31(25)29-14-16-8-11-23(22(12-16)32(34)35)36-15-17-6-4-5-7-20(17)28/h4-14H,15H2,1-3H3. The summed E-state index contributed by atoms with van der Waals surface area (Å²) in [6.45, 7) is 5.88. The van der Waals surface area contributed by atoms with E-state index in [1.54, 1.807) is 36.4 Å². The molecule has 8 nitrogen and oxygen atoms in total. The molecule has 36 heavy (non-hydrogen) atoms. The molecule has 0 fully saturated rings. The number of nitro benzene ring substituents is 1. The van der Waals surface area contributed by atoms with E-state index in [2.05, 4.69) is 26.0 Å². The molecule has 0 saturated carbocycles. The van der Waals surface area contributed by atoms with Crippen molar-refractivity contribution >= 4 is 50.3 Å². The van der Waals surface area contributed by atoms with E-state index in [1.807, 2.05) is 32.9 Å². The monoisotopic (exact) mass is 568 g/mol. The summed E-state index contributed by atoms with van der Waals surface area (Å²) < 4.78 is 7.67. The average Bonchev–Trinajstić information content (AvgIpc) is 2.82. The van der Waals surface area contributed by atoms with Crippen molar-refractivity contribution in [2.45, 2.75) is 32.8 Å². The molecule has 0 radical (unpaired) electrons. The van der Waals surface area contributed by atoms with Crippen molar-refractivity contribution in [1.29, 1.82) is 0 Å². The van der Waals surface area contributed by atoms with Gasteiger partial charge in [0.15, 0.2) is 5.75 Å². The maximum Gasteiger partial charge on any atom is 0.311 e. The molecule has 184 valence electrons. The van der Waals surface area contributed by atoms with Crippen LogP contribution in [-0.2, 0) is 12.0 Å². The lowest BCUT2D eigenvalue weighted by Gasteiger charge is -2.20. The second-order valence-corrected chi connectivity index (χ2v) is 10.4. The molecule has 0 aliphatic carbocycles. The third-order valence-electron chi connectivity index (χ3n) is 5.32. The summed E-state index contributed by atoms with van der Waals surface area (Å²) >= 11 is 9.54. The van der Waals surface area contributed by atoms with Crippen LogP contribution in [0.1, 0.15) is 37.7 Å². The normalized spacial score (nSPS) is 11.8. The molecule has 1 heterocycles. The summed E-state index contributed by atoms with van der Waals surface area (Å²) in [5, 5.41) is 17.0. The van der Waals surface area contributed by atoms with Crippen LogP contribution in [0.4, 0.5) is 5.69 Å². The molecule has 10 heteroatoms. The van der Waals surface area contributed by atoms with Crippen molar-refractivity contribution in [3.05, 3.63) is 108 Å². The third kappa shape index (κ3) is 5.47. The maximum atomic E-state index is 13.3. The molecule has 3 aromatic carbocycles. The highest BCUT2D eigenvalue weighted by Crippen LogP contribution is 2.29. The number of hydrogen-bond donors (Lipinski definition) is 0. The van der Waals surface area contributed by atoms with Gasteiger partial charge in [0.1, 0.15) is 12.4 Å². The van der Waals surface area contributed by atoms with Gasteiger partial charge in [0, 0.05) is 32.1 Å². The van der Waals surface area contributed by atoms with Gasteiger partial charge in [-0.15, -0.1) is 0 Å². The summed E-state index contributed by atoms with van der Waals surface area (Å²) in [4.78, 5) is 29.2. The zero-order valence-corrected chi connectivity index (χ0v) is 22.1. The van der Waals surface area contributed by atoms with E-state index in [-0.39, 0.29) is 23.6 Å². The average molecular weight is 570 g/mol. The van der Waals surface area contributed by atoms with Crippen molar-refractivity contribution in [3.63, 3.8) is 0 Å². The van der Waals surface area contributed by atoms with Gasteiger partial charge in [-0.2, -0.15) is 9.78 Å². The molecular weight excluding hydrogens is 548 g/mol. The van der Waals surface area contributed by atoms with Crippen LogP contribution in [0, 0.1) is 10.1 Å². The van der Waals surface area contributed by atoms with Gasteiger partial charge in [-0.25, -0.2) is 4.98 Å². The van der Waals surface area contributed by atoms with E-state index in [1.165, 1.54) is 23.0 Å². The van der Waals surface area contributed by atoms with E-state index >= 15 is 0 Å². The molecule has 0 spiro atoms. The minimum atomic E-state index is -0.527. The van der Waals surface area contributed by atoms with Crippen molar-refractivity contribution in [2.75, 3.05) is 0 Å². The summed E-state index contributed by atoms with van der Waals surface area (Å²) in [6, 6.07) is 16.9. The van der Waals surface area contributed by atoms with Crippen LogP contribution in [0.25, 0.3) is 10.9 Å². The lowest BCUT2D eigenvalue weighted by Crippen LogP contribution is -2.29. The molecule has 1 aromatic heterocycles. The van der Waals surface area contributed by atoms with Crippen LogP contribution < -0.4 is 10.3 Å². The summed E-state index contributed by atoms with van der Waals surface area (Å²) in [5.74, 6) is 0.564. The highest BCUT2D eigenvalue weighted by Gasteiger charge is 2.23. The van der Waals surface area contributed by atoms with Crippen LogP contribution in [0.5, 0.6) is 5.75 Å². The van der Waals surface area contributed by atoms with Crippen LogP contribution in [0.3, 0.4) is 0 Å². The Morgan fingerprint density at radius 2 is 1.92 bits per heavy atom. The van der Waals surface area contributed by atoms with Crippen LogP contribution in [0.15, 0.2) is 75.0 Å². The van der Waals surface area contributed by atoms with Gasteiger partial charge >= 0.3 is 5.69 Å². The molecule has 4 aromatic rings. The molecule has 0 atom stereocenters. The highest BCUT2D eigenvalue weighted by molar-refractivity contribution is 9.10. The highest BCUT2D eigenvalue weighted by atomic mass is 79.9. The molecule has 0 amide bonds. The Hall–Kier alpha value is -3.56. The zero-order valence-electron chi connectivity index (χ0n) is 19.7. The SMILES string of the molecule is CC(C)(C)c1nc2ccc(Br)cc2c(=O)n1N=Cc1ccc(OCc2ccccc2Cl)c([N+](=O)[O-])c1. The van der Waals surface area contributed by atoms with Gasteiger partial charge in [-0.3, -0.25) is 14.9 Å². The number of nitrogens with zero attached hydrogens (tertiary/aromatic N) is 4. The Kier molecular flexibility index (Phi) is 7.23. The van der Waals surface area contributed by atoms with E-state index in [0.29, 0.717) is 32.9 Å². The second kappa shape index (κ2) is 10.2. The van der Waals surface area contributed by atoms with E-state index in [4.69, 9.17) is 16.3 Å². The van der Waals surface area contributed by atoms with Crippen LogP contribution in [0.2, 0.25) is 5.02 Å². The first kappa shape index (κ1) is 25.5. The fourth-order valence-corrected chi connectivity index (χ4v) is 4.07. The van der Waals surface area contributed by atoms with E-state index < -0.39 is 10.3 Å². The fraction of sp³-hybridized carbons (Fsp3) is 0.192. The number of nitro groups is 1. The van der Waals surface area contributed by atoms with Crippen molar-refractivity contribution in [3.8, 4) is 5.75 Å². The third-order valence-corrected chi connectivity index (χ3v) is 6.18. The lowest BCUT2D eigenvalue weighted by molar-refractivity contribution is -0.385. The topological polar surface area (TPSA) is 99.6 Å². The summed E-state index contributed by atoms with van der Waals surface area (Å²) in [6.07, 6.45) is 1.40. The minimum absolute atomic E-state index is 0.0800. The Bertz CT molecular complexity index is 1560. The van der Waals surface area contributed by atoms with E-state index in [0.717, 1.165) is 4.47 Å². The Labute approximate surface area is 220 Å². The number of fused-ring (bicyclic) bond motifs is 1. The molecule has 0 unspecified atom stereocenters.